The minimum Gasteiger partial charge on any atom is -0.505 e. The number of anilines is 6. The van der Waals surface area contributed by atoms with E-state index in [2.05, 4.69) is 10.6 Å². The van der Waals surface area contributed by atoms with Gasteiger partial charge in [0.2, 0.25) is 0 Å². The van der Waals surface area contributed by atoms with E-state index < -0.39 is 0 Å². The highest BCUT2D eigenvalue weighted by molar-refractivity contribution is 5.80. The van der Waals surface area contributed by atoms with Gasteiger partial charge in [-0.1, -0.05) is 6.92 Å². The first-order valence-electron chi connectivity index (χ1n) is 8.31. The minimum absolute atomic E-state index is 0.0182. The van der Waals surface area contributed by atoms with Gasteiger partial charge in [-0.25, -0.2) is 0 Å². The highest BCUT2D eigenvalue weighted by Gasteiger charge is 2.16. The van der Waals surface area contributed by atoms with Crippen LogP contribution in [0.1, 0.15) is 12.5 Å². The molecule has 0 atom stereocenters. The van der Waals surface area contributed by atoms with Gasteiger partial charge in [-0.3, -0.25) is 0 Å². The van der Waals surface area contributed by atoms with Crippen LogP contribution in [0.4, 0.5) is 34.1 Å². The second-order valence-corrected chi connectivity index (χ2v) is 6.00. The molecular weight excluding hydrogens is 328 g/mol. The number of nitrogen functional groups attached to an aromatic ring is 2. The van der Waals surface area contributed by atoms with Crippen LogP contribution in [0, 0.1) is 0 Å². The Labute approximate surface area is 152 Å². The Morgan fingerprint density at radius 2 is 1.12 bits per heavy atom. The van der Waals surface area contributed by atoms with Gasteiger partial charge in [-0.05, 0) is 61.0 Å². The Kier molecular flexibility index (Phi) is 4.75. The quantitative estimate of drug-likeness (QED) is 0.232. The Morgan fingerprint density at radius 1 is 0.731 bits per heavy atom. The van der Waals surface area contributed by atoms with Crippen molar-refractivity contribution < 1.29 is 10.2 Å². The Morgan fingerprint density at radius 3 is 1.46 bits per heavy atom. The molecule has 26 heavy (non-hydrogen) atoms. The summed E-state index contributed by atoms with van der Waals surface area (Å²) in [4.78, 5) is 0. The fourth-order valence-electron chi connectivity index (χ4n) is 2.69. The molecule has 3 rings (SSSR count). The summed E-state index contributed by atoms with van der Waals surface area (Å²) in [5.74, 6) is 0.0364. The summed E-state index contributed by atoms with van der Waals surface area (Å²) in [6.07, 6.45) is 0.478. The molecule has 0 unspecified atom stereocenters. The van der Waals surface area contributed by atoms with Crippen molar-refractivity contribution in [3.8, 4) is 11.5 Å². The molecule has 134 valence electrons. The van der Waals surface area contributed by atoms with Gasteiger partial charge in [0.1, 0.15) is 11.5 Å². The zero-order valence-electron chi connectivity index (χ0n) is 14.5. The molecule has 0 aliphatic rings. The number of benzene rings is 3. The lowest BCUT2D eigenvalue weighted by atomic mass is 10.1. The molecule has 0 aliphatic heterocycles. The largest absolute Gasteiger partial charge is 0.505 e. The summed E-state index contributed by atoms with van der Waals surface area (Å²) in [6, 6.07) is 16.0. The molecule has 3 aromatic carbocycles. The normalized spacial score (nSPS) is 10.5. The number of nitrogens with one attached hydrogen (secondary N) is 2. The average Bonchev–Trinajstić information content (AvgIpc) is 2.63. The highest BCUT2D eigenvalue weighted by Crippen LogP contribution is 2.43. The van der Waals surface area contributed by atoms with Crippen LogP contribution >= 0.6 is 0 Å². The molecule has 6 heteroatoms. The van der Waals surface area contributed by atoms with Gasteiger partial charge in [-0.15, -0.1) is 0 Å². The first-order valence-corrected chi connectivity index (χ1v) is 8.31. The van der Waals surface area contributed by atoms with E-state index in [4.69, 9.17) is 11.5 Å². The van der Waals surface area contributed by atoms with Crippen molar-refractivity contribution in [1.29, 1.82) is 0 Å². The first-order chi connectivity index (χ1) is 12.5. The van der Waals surface area contributed by atoms with Crippen molar-refractivity contribution in [3.05, 3.63) is 60.2 Å². The summed E-state index contributed by atoms with van der Waals surface area (Å²) < 4.78 is 0. The van der Waals surface area contributed by atoms with Gasteiger partial charge >= 0.3 is 0 Å². The summed E-state index contributed by atoms with van der Waals surface area (Å²) >= 11 is 0. The number of phenolic OH excluding ortho intramolecular Hbond substituents is 2. The van der Waals surface area contributed by atoms with E-state index in [-0.39, 0.29) is 11.5 Å². The topological polar surface area (TPSA) is 117 Å². The summed E-state index contributed by atoms with van der Waals surface area (Å²) in [5, 5.41) is 27.4. The van der Waals surface area contributed by atoms with Crippen molar-refractivity contribution in [1.82, 2.24) is 0 Å². The van der Waals surface area contributed by atoms with E-state index in [0.717, 1.165) is 11.4 Å². The van der Waals surface area contributed by atoms with Gasteiger partial charge < -0.3 is 32.3 Å². The molecule has 0 saturated carbocycles. The molecule has 0 saturated heterocycles. The number of hydrogen-bond donors (Lipinski definition) is 6. The maximum absolute atomic E-state index is 10.5. The summed E-state index contributed by atoms with van der Waals surface area (Å²) in [7, 11) is 0. The van der Waals surface area contributed by atoms with Crippen LogP contribution < -0.4 is 22.1 Å². The molecule has 0 radical (unpaired) electrons. The van der Waals surface area contributed by atoms with Crippen molar-refractivity contribution in [2.45, 2.75) is 13.3 Å². The van der Waals surface area contributed by atoms with E-state index in [0.29, 0.717) is 34.7 Å². The minimum atomic E-state index is 0.0182. The number of aromatic hydroxyl groups is 2. The smallest absolute Gasteiger partial charge is 0.146 e. The Hall–Kier alpha value is -3.54. The lowest BCUT2D eigenvalue weighted by Gasteiger charge is -2.17. The molecule has 0 aliphatic carbocycles. The zero-order valence-corrected chi connectivity index (χ0v) is 14.5. The maximum atomic E-state index is 10.5. The zero-order chi connectivity index (χ0) is 18.7. The SMILES string of the molecule is CCc1c(O)c(Nc2ccc(N)cc2)cc(Nc2ccc(N)cc2)c1O. The molecule has 6 nitrogen and oxygen atoms in total. The number of phenols is 2. The van der Waals surface area contributed by atoms with Crippen LogP contribution in [0.5, 0.6) is 11.5 Å². The van der Waals surface area contributed by atoms with Gasteiger partial charge in [0.25, 0.3) is 0 Å². The fourth-order valence-corrected chi connectivity index (χ4v) is 2.69. The third-order valence-electron chi connectivity index (χ3n) is 4.10. The van der Waals surface area contributed by atoms with Gasteiger partial charge in [0.05, 0.1) is 11.4 Å². The first kappa shape index (κ1) is 17.3. The molecule has 3 aromatic rings. The van der Waals surface area contributed by atoms with Crippen molar-refractivity contribution >= 4 is 34.1 Å². The Balaban J connectivity index is 1.98. The van der Waals surface area contributed by atoms with Crippen LogP contribution in [0.15, 0.2) is 54.6 Å². The van der Waals surface area contributed by atoms with Crippen LogP contribution in [0.3, 0.4) is 0 Å². The summed E-state index contributed by atoms with van der Waals surface area (Å²) in [6.45, 7) is 1.87. The third-order valence-corrected chi connectivity index (χ3v) is 4.10. The predicted molar refractivity (Wildman–Crippen MR) is 107 cm³/mol. The number of rotatable bonds is 5. The second-order valence-electron chi connectivity index (χ2n) is 6.00. The van der Waals surface area contributed by atoms with Crippen LogP contribution in [-0.4, -0.2) is 10.2 Å². The van der Waals surface area contributed by atoms with Crippen molar-refractivity contribution in [3.63, 3.8) is 0 Å². The highest BCUT2D eigenvalue weighted by atomic mass is 16.3. The predicted octanol–water partition coefficient (Wildman–Crippen LogP) is 4.31. The average molecular weight is 350 g/mol. The molecule has 0 spiro atoms. The molecular formula is C20H22N4O2. The number of nitrogens with two attached hydrogens (primary N) is 2. The Bertz CT molecular complexity index is 835. The van der Waals surface area contributed by atoms with Crippen LogP contribution in [0.2, 0.25) is 0 Å². The molecule has 0 bridgehead atoms. The molecule has 0 amide bonds. The van der Waals surface area contributed by atoms with Gasteiger partial charge in [-0.2, -0.15) is 0 Å². The summed E-state index contributed by atoms with van der Waals surface area (Å²) in [5.41, 5.74) is 15.7. The van der Waals surface area contributed by atoms with E-state index >= 15 is 0 Å². The molecule has 0 fully saturated rings. The van der Waals surface area contributed by atoms with E-state index in [1.165, 1.54) is 0 Å². The van der Waals surface area contributed by atoms with E-state index in [1.807, 2.05) is 31.2 Å². The molecule has 8 N–H and O–H groups in total. The second kappa shape index (κ2) is 7.14. The monoisotopic (exact) mass is 350 g/mol. The van der Waals surface area contributed by atoms with Crippen molar-refractivity contribution in [2.75, 3.05) is 22.1 Å². The van der Waals surface area contributed by atoms with E-state index in [9.17, 15) is 10.2 Å². The fraction of sp³-hybridized carbons (Fsp3) is 0.100. The van der Waals surface area contributed by atoms with Crippen molar-refractivity contribution in [2.24, 2.45) is 0 Å². The number of hydrogen-bond acceptors (Lipinski definition) is 6. The molecule has 0 heterocycles. The lowest BCUT2D eigenvalue weighted by molar-refractivity contribution is 0.442. The van der Waals surface area contributed by atoms with Gasteiger partial charge in [0.15, 0.2) is 0 Å². The third kappa shape index (κ3) is 3.59. The van der Waals surface area contributed by atoms with E-state index in [1.54, 1.807) is 30.3 Å². The van der Waals surface area contributed by atoms with Gasteiger partial charge in [0, 0.05) is 28.3 Å². The molecule has 0 aromatic heterocycles. The maximum Gasteiger partial charge on any atom is 0.146 e. The van der Waals surface area contributed by atoms with Crippen LogP contribution in [-0.2, 0) is 6.42 Å². The van der Waals surface area contributed by atoms with Crippen LogP contribution in [0.25, 0.3) is 0 Å². The standard InChI is InChI=1S/C20H22N4O2/c1-2-16-19(25)17(23-14-7-3-12(21)4-8-14)11-18(20(16)26)24-15-9-5-13(22)6-10-15/h3-11,23-26H,2,21-22H2,1H3. The lowest BCUT2D eigenvalue weighted by Crippen LogP contribution is -1.99.